The fraction of sp³-hybridized carbons (Fsp3) is 0.267. The number of nitrogens with zero attached hydrogens (tertiary/aromatic N) is 2. The van der Waals surface area contributed by atoms with Crippen LogP contribution in [0, 0.1) is 6.92 Å². The van der Waals surface area contributed by atoms with E-state index in [4.69, 9.17) is 0 Å². The maximum Gasteiger partial charge on any atom is 0.439 e. The number of carbonyl (C=O) groups excluding carboxylic acids is 1. The minimum Gasteiger partial charge on any atom is -0.316 e. The summed E-state index contributed by atoms with van der Waals surface area (Å²) in [7, 11) is 0. The van der Waals surface area contributed by atoms with Gasteiger partial charge in [0.2, 0.25) is 5.95 Å². The van der Waals surface area contributed by atoms with Gasteiger partial charge in [-0.05, 0) is 25.1 Å². The zero-order chi connectivity index (χ0) is 19.6. The summed E-state index contributed by atoms with van der Waals surface area (Å²) in [5.41, 5.74) is -4.47. The smallest absolute Gasteiger partial charge is 0.316 e. The Kier molecular flexibility index (Phi) is 5.10. The first-order valence-corrected chi connectivity index (χ1v) is 7.04. The summed E-state index contributed by atoms with van der Waals surface area (Å²) in [5, 5.41) is 2.19. The van der Waals surface area contributed by atoms with Gasteiger partial charge in [0.15, 0.2) is 0 Å². The quantitative estimate of drug-likeness (QED) is 0.632. The summed E-state index contributed by atoms with van der Waals surface area (Å²) in [6, 6.07) is 6.19. The highest BCUT2D eigenvalue weighted by Crippen LogP contribution is 2.43. The summed E-state index contributed by atoms with van der Waals surface area (Å²) < 4.78 is 80.7. The molecular formula is C15H12F6N4O. The van der Waals surface area contributed by atoms with Gasteiger partial charge in [0.25, 0.3) is 5.91 Å². The molecule has 2 N–H and O–H groups in total. The lowest BCUT2D eigenvalue weighted by molar-refractivity contribution is -0.294. The van der Waals surface area contributed by atoms with Crippen molar-refractivity contribution in [3.63, 3.8) is 0 Å². The van der Waals surface area contributed by atoms with Crippen molar-refractivity contribution in [2.45, 2.75) is 24.9 Å². The van der Waals surface area contributed by atoms with Gasteiger partial charge < -0.3 is 10.6 Å². The predicted molar refractivity (Wildman–Crippen MR) is 79.1 cm³/mol. The normalized spacial score (nSPS) is 12.6. The Morgan fingerprint density at radius 3 is 1.88 bits per heavy atom. The highest BCUT2D eigenvalue weighted by molar-refractivity contribution is 5.95. The van der Waals surface area contributed by atoms with Gasteiger partial charge in [-0.1, -0.05) is 17.7 Å². The third kappa shape index (κ3) is 3.86. The van der Waals surface area contributed by atoms with Gasteiger partial charge in [0.1, 0.15) is 0 Å². The first kappa shape index (κ1) is 19.5. The molecule has 0 bridgehead atoms. The van der Waals surface area contributed by atoms with Gasteiger partial charge in [0, 0.05) is 18.0 Å². The van der Waals surface area contributed by atoms with Gasteiger partial charge in [-0.2, -0.15) is 26.3 Å². The van der Waals surface area contributed by atoms with Crippen LogP contribution in [0.2, 0.25) is 0 Å². The molecule has 1 aromatic heterocycles. The second-order valence-electron chi connectivity index (χ2n) is 5.26. The second-order valence-corrected chi connectivity index (χ2v) is 5.26. The molecule has 0 saturated heterocycles. The number of alkyl halides is 6. The molecule has 0 aliphatic rings. The van der Waals surface area contributed by atoms with Crippen LogP contribution in [0.4, 0.5) is 32.3 Å². The van der Waals surface area contributed by atoms with Crippen molar-refractivity contribution < 1.29 is 31.1 Å². The summed E-state index contributed by atoms with van der Waals surface area (Å²) in [6.45, 7) is 1.64. The molecule has 2 rings (SSSR count). The van der Waals surface area contributed by atoms with Gasteiger partial charge >= 0.3 is 18.0 Å². The molecule has 0 saturated carbocycles. The van der Waals surface area contributed by atoms with E-state index < -0.39 is 29.9 Å². The number of halogens is 6. The molecule has 1 amide bonds. The number of benzene rings is 1. The van der Waals surface area contributed by atoms with Crippen molar-refractivity contribution >= 4 is 11.9 Å². The lowest BCUT2D eigenvalue weighted by Gasteiger charge is -2.38. The monoisotopic (exact) mass is 378 g/mol. The van der Waals surface area contributed by atoms with Crippen LogP contribution in [0.15, 0.2) is 42.7 Å². The Bertz CT molecular complexity index is 744. The number of rotatable bonds is 4. The summed E-state index contributed by atoms with van der Waals surface area (Å²) in [6.07, 6.45) is -9.97. The third-order valence-corrected chi connectivity index (χ3v) is 3.33. The number of hydrogen-bond acceptors (Lipinski definition) is 4. The fourth-order valence-corrected chi connectivity index (χ4v) is 1.95. The van der Waals surface area contributed by atoms with Crippen LogP contribution in [0.1, 0.15) is 15.9 Å². The topological polar surface area (TPSA) is 66.9 Å². The zero-order valence-electron chi connectivity index (χ0n) is 13.1. The molecule has 140 valence electrons. The minimum absolute atomic E-state index is 0.371. The Morgan fingerprint density at radius 1 is 0.923 bits per heavy atom. The first-order valence-electron chi connectivity index (χ1n) is 7.04. The van der Waals surface area contributed by atoms with Crippen molar-refractivity contribution in [3.05, 3.63) is 53.9 Å². The Balaban J connectivity index is 2.48. The van der Waals surface area contributed by atoms with Crippen molar-refractivity contribution in [2.75, 3.05) is 5.32 Å². The van der Waals surface area contributed by atoms with Gasteiger partial charge in [-0.3, -0.25) is 4.79 Å². The highest BCUT2D eigenvalue weighted by Gasteiger charge is 2.73. The number of aromatic nitrogens is 2. The van der Waals surface area contributed by atoms with E-state index in [0.29, 0.717) is 5.56 Å². The molecule has 11 heteroatoms. The van der Waals surface area contributed by atoms with Crippen molar-refractivity contribution in [1.82, 2.24) is 15.3 Å². The van der Waals surface area contributed by atoms with E-state index in [1.54, 1.807) is 6.92 Å². The molecule has 2 aromatic rings. The minimum atomic E-state index is -5.94. The van der Waals surface area contributed by atoms with E-state index in [1.807, 2.05) is 0 Å². The van der Waals surface area contributed by atoms with Crippen LogP contribution in [-0.4, -0.2) is 33.9 Å². The van der Waals surface area contributed by atoms with Gasteiger partial charge in [-0.15, -0.1) is 0 Å². The Labute approximate surface area is 143 Å². The summed E-state index contributed by atoms with van der Waals surface area (Å²) in [4.78, 5) is 18.7. The summed E-state index contributed by atoms with van der Waals surface area (Å²) >= 11 is 0. The molecule has 0 aliphatic heterocycles. The first-order chi connectivity index (χ1) is 12.0. The van der Waals surface area contributed by atoms with E-state index >= 15 is 0 Å². The average Bonchev–Trinajstić information content (AvgIpc) is 2.53. The molecule has 0 aliphatic carbocycles. The molecule has 1 aromatic carbocycles. The maximum absolute atomic E-state index is 13.4. The molecule has 0 spiro atoms. The number of hydrogen-bond donors (Lipinski definition) is 2. The molecule has 0 radical (unpaired) electrons. The molecule has 0 atom stereocenters. The predicted octanol–water partition coefficient (Wildman–Crippen LogP) is 3.45. The summed E-state index contributed by atoms with van der Waals surface area (Å²) in [5.74, 6) is -2.52. The van der Waals surface area contributed by atoms with E-state index in [9.17, 15) is 31.1 Å². The number of carbonyl (C=O) groups is 1. The van der Waals surface area contributed by atoms with E-state index in [0.717, 1.165) is 29.8 Å². The van der Waals surface area contributed by atoms with Gasteiger partial charge in [0.05, 0.1) is 0 Å². The zero-order valence-corrected chi connectivity index (χ0v) is 13.1. The highest BCUT2D eigenvalue weighted by atomic mass is 19.4. The lowest BCUT2D eigenvalue weighted by Crippen LogP contribution is -2.72. The van der Waals surface area contributed by atoms with Crippen LogP contribution in [0.25, 0.3) is 0 Å². The van der Waals surface area contributed by atoms with Crippen molar-refractivity contribution in [2.24, 2.45) is 0 Å². The Morgan fingerprint density at radius 2 is 1.42 bits per heavy atom. The molecule has 5 nitrogen and oxygen atoms in total. The maximum atomic E-state index is 13.4. The SMILES string of the molecule is Cc1ccc(C(=O)NC(Nc2ncccn2)(C(F)(F)F)C(F)(F)F)cc1. The number of amides is 1. The lowest BCUT2D eigenvalue weighted by atomic mass is 10.1. The number of nitrogens with one attached hydrogen (secondary N) is 2. The molecule has 0 unspecified atom stereocenters. The van der Waals surface area contributed by atoms with Crippen LogP contribution in [0.3, 0.4) is 0 Å². The molecule has 26 heavy (non-hydrogen) atoms. The van der Waals surface area contributed by atoms with Crippen LogP contribution in [0.5, 0.6) is 0 Å². The molecule has 0 fully saturated rings. The van der Waals surface area contributed by atoms with Crippen LogP contribution < -0.4 is 10.6 Å². The molecule has 1 heterocycles. The van der Waals surface area contributed by atoms with Crippen LogP contribution >= 0.6 is 0 Å². The fourth-order valence-electron chi connectivity index (χ4n) is 1.95. The van der Waals surface area contributed by atoms with Crippen molar-refractivity contribution in [3.8, 4) is 0 Å². The van der Waals surface area contributed by atoms with E-state index in [1.165, 1.54) is 23.5 Å². The third-order valence-electron chi connectivity index (χ3n) is 3.33. The number of anilines is 1. The average molecular weight is 378 g/mol. The second kappa shape index (κ2) is 6.81. The van der Waals surface area contributed by atoms with E-state index in [-0.39, 0.29) is 5.56 Å². The largest absolute Gasteiger partial charge is 0.439 e. The van der Waals surface area contributed by atoms with Gasteiger partial charge in [-0.25, -0.2) is 9.97 Å². The number of aryl methyl sites for hydroxylation is 1. The Hall–Kier alpha value is -2.85. The standard InChI is InChI=1S/C15H12F6N4O/c1-9-3-5-10(6-4-9)11(26)24-13(14(16,17)18,15(19,20)21)25-12-22-7-2-8-23-12/h2-8H,1H3,(H,24,26)(H,22,23,25). The van der Waals surface area contributed by atoms with E-state index in [2.05, 4.69) is 9.97 Å². The van der Waals surface area contributed by atoms with Crippen LogP contribution in [-0.2, 0) is 0 Å². The van der Waals surface area contributed by atoms with Crippen molar-refractivity contribution in [1.29, 1.82) is 0 Å². The molecular weight excluding hydrogens is 366 g/mol.